The molecule has 152 valence electrons. The zero-order valence-electron chi connectivity index (χ0n) is 16.6. The summed E-state index contributed by atoms with van der Waals surface area (Å²) in [6, 6.07) is 20.3. The zero-order valence-corrected chi connectivity index (χ0v) is 16.6. The molecule has 7 heteroatoms. The van der Waals surface area contributed by atoms with Gasteiger partial charge in [0, 0.05) is 55.5 Å². The Balaban J connectivity index is 1.47. The fourth-order valence-corrected chi connectivity index (χ4v) is 3.53. The van der Waals surface area contributed by atoms with Crippen molar-refractivity contribution >= 4 is 29.2 Å². The van der Waals surface area contributed by atoms with Crippen LogP contribution >= 0.6 is 0 Å². The second-order valence-electron chi connectivity index (χ2n) is 7.07. The Morgan fingerprint density at radius 3 is 2.67 bits per heavy atom. The summed E-state index contributed by atoms with van der Waals surface area (Å²) >= 11 is 0. The number of benzene rings is 2. The minimum Gasteiger partial charge on any atom is -0.404 e. The predicted molar refractivity (Wildman–Crippen MR) is 122 cm³/mol. The van der Waals surface area contributed by atoms with Crippen molar-refractivity contribution in [3.8, 4) is 0 Å². The zero-order chi connectivity index (χ0) is 20.8. The van der Waals surface area contributed by atoms with E-state index in [9.17, 15) is 0 Å². The Bertz CT molecular complexity index is 1020. The third-order valence-electron chi connectivity index (χ3n) is 5.13. The second kappa shape index (κ2) is 9.19. The lowest BCUT2D eigenvalue weighted by Gasteiger charge is -2.34. The number of hydrogen-bond acceptors (Lipinski definition) is 7. The number of nitrogens with zero attached hydrogens (tertiary/aromatic N) is 3. The summed E-state index contributed by atoms with van der Waals surface area (Å²) in [5.41, 5.74) is 9.31. The van der Waals surface area contributed by atoms with Crippen LogP contribution < -0.4 is 21.3 Å². The summed E-state index contributed by atoms with van der Waals surface area (Å²) in [6.45, 7) is 2.56. The maximum Gasteiger partial charge on any atom is 0.227 e. The smallest absolute Gasteiger partial charge is 0.227 e. The van der Waals surface area contributed by atoms with E-state index in [1.165, 1.54) is 18.0 Å². The molecule has 1 aromatic heterocycles. The molecule has 0 aliphatic carbocycles. The summed E-state index contributed by atoms with van der Waals surface area (Å²) in [5.74, 6) is 1.46. The van der Waals surface area contributed by atoms with Gasteiger partial charge in [0.2, 0.25) is 5.95 Å². The highest BCUT2D eigenvalue weighted by atomic mass is 15.3. The molecule has 0 radical (unpaired) electrons. The van der Waals surface area contributed by atoms with Gasteiger partial charge in [0.15, 0.2) is 0 Å². The quantitative estimate of drug-likeness (QED) is 0.474. The van der Waals surface area contributed by atoms with Crippen LogP contribution in [0.25, 0.3) is 5.57 Å². The minimum absolute atomic E-state index is 0.256. The lowest BCUT2D eigenvalue weighted by Crippen LogP contribution is -2.46. The standard InChI is InChI=1S/C23H25N7/c24-14-19(15-25)17-6-8-20(9-7-17)28-22-10-11-27-23(29-22)30-13-12-26-21(16-30)18-4-2-1-3-5-18/h1-11,14-15,21,24,26H,12-13,16,25H2,(H,27,28,29). The van der Waals surface area contributed by atoms with Crippen molar-refractivity contribution in [2.75, 3.05) is 29.9 Å². The Morgan fingerprint density at radius 2 is 1.93 bits per heavy atom. The lowest BCUT2D eigenvalue weighted by molar-refractivity contribution is 0.467. The molecule has 5 N–H and O–H groups in total. The van der Waals surface area contributed by atoms with Crippen molar-refractivity contribution in [2.45, 2.75) is 6.04 Å². The van der Waals surface area contributed by atoms with E-state index in [1.54, 1.807) is 6.20 Å². The molecule has 1 fully saturated rings. The molecule has 1 saturated heterocycles. The van der Waals surface area contributed by atoms with Crippen molar-refractivity contribution in [3.63, 3.8) is 0 Å². The second-order valence-corrected chi connectivity index (χ2v) is 7.07. The normalized spacial score (nSPS) is 16.9. The first-order valence-corrected chi connectivity index (χ1v) is 9.93. The van der Waals surface area contributed by atoms with Gasteiger partial charge in [0.25, 0.3) is 0 Å². The number of piperazine rings is 1. The Hall–Kier alpha value is -3.71. The third-order valence-corrected chi connectivity index (χ3v) is 5.13. The van der Waals surface area contributed by atoms with Gasteiger partial charge in [0.05, 0.1) is 0 Å². The number of allylic oxidation sites excluding steroid dienone is 1. The maximum absolute atomic E-state index is 7.41. The molecule has 1 atom stereocenters. The van der Waals surface area contributed by atoms with E-state index < -0.39 is 0 Å². The molecule has 7 nitrogen and oxygen atoms in total. The average molecular weight is 400 g/mol. The van der Waals surface area contributed by atoms with Crippen LogP contribution in [0.5, 0.6) is 0 Å². The molecule has 2 aromatic carbocycles. The highest BCUT2D eigenvalue weighted by Gasteiger charge is 2.22. The SMILES string of the molecule is N=CC(=CN)c1ccc(Nc2ccnc(N3CCNC(c4ccccc4)C3)n2)cc1. The van der Waals surface area contributed by atoms with Gasteiger partial charge in [-0.3, -0.25) is 0 Å². The average Bonchev–Trinajstić information content (AvgIpc) is 2.82. The van der Waals surface area contributed by atoms with E-state index in [-0.39, 0.29) is 6.04 Å². The fourth-order valence-electron chi connectivity index (χ4n) is 3.53. The largest absolute Gasteiger partial charge is 0.404 e. The van der Waals surface area contributed by atoms with E-state index >= 15 is 0 Å². The van der Waals surface area contributed by atoms with Crippen LogP contribution in [-0.2, 0) is 0 Å². The molecule has 4 rings (SSSR count). The molecule has 30 heavy (non-hydrogen) atoms. The first-order valence-electron chi connectivity index (χ1n) is 9.93. The van der Waals surface area contributed by atoms with Gasteiger partial charge in [0.1, 0.15) is 5.82 Å². The number of hydrogen-bond donors (Lipinski definition) is 4. The third kappa shape index (κ3) is 4.47. The van der Waals surface area contributed by atoms with Gasteiger partial charge in [-0.15, -0.1) is 0 Å². The van der Waals surface area contributed by atoms with Crippen molar-refractivity contribution in [1.82, 2.24) is 15.3 Å². The summed E-state index contributed by atoms with van der Waals surface area (Å²) in [7, 11) is 0. The summed E-state index contributed by atoms with van der Waals surface area (Å²) in [5, 5.41) is 14.3. The number of aromatic nitrogens is 2. The first kappa shape index (κ1) is 19.6. The Labute approximate surface area is 176 Å². The van der Waals surface area contributed by atoms with Gasteiger partial charge in [-0.1, -0.05) is 42.5 Å². The van der Waals surface area contributed by atoms with Crippen LogP contribution in [0.4, 0.5) is 17.5 Å². The van der Waals surface area contributed by atoms with E-state index in [1.807, 2.05) is 36.4 Å². The predicted octanol–water partition coefficient (Wildman–Crippen LogP) is 3.32. The number of nitrogens with two attached hydrogens (primary N) is 1. The summed E-state index contributed by atoms with van der Waals surface area (Å²) < 4.78 is 0. The van der Waals surface area contributed by atoms with Crippen LogP contribution in [0.2, 0.25) is 0 Å². The molecule has 3 aromatic rings. The monoisotopic (exact) mass is 399 g/mol. The van der Waals surface area contributed by atoms with E-state index in [2.05, 4.69) is 44.8 Å². The Morgan fingerprint density at radius 1 is 1.13 bits per heavy atom. The van der Waals surface area contributed by atoms with Gasteiger partial charge in [-0.2, -0.15) is 4.98 Å². The van der Waals surface area contributed by atoms with Crippen molar-refractivity contribution < 1.29 is 0 Å². The van der Waals surface area contributed by atoms with E-state index in [0.29, 0.717) is 5.57 Å². The maximum atomic E-state index is 7.41. The summed E-state index contributed by atoms with van der Waals surface area (Å²) in [4.78, 5) is 11.4. The van der Waals surface area contributed by atoms with Crippen LogP contribution in [0.1, 0.15) is 17.2 Å². The highest BCUT2D eigenvalue weighted by molar-refractivity contribution is 6.08. The molecule has 0 spiro atoms. The molecule has 0 saturated carbocycles. The number of anilines is 3. The van der Waals surface area contributed by atoms with Crippen LogP contribution in [0.15, 0.2) is 73.1 Å². The van der Waals surface area contributed by atoms with Crippen LogP contribution in [0, 0.1) is 5.41 Å². The van der Waals surface area contributed by atoms with Crippen molar-refractivity contribution in [3.05, 3.63) is 84.2 Å². The molecule has 0 amide bonds. The van der Waals surface area contributed by atoms with Gasteiger partial charge in [-0.25, -0.2) is 4.98 Å². The van der Waals surface area contributed by atoms with Gasteiger partial charge < -0.3 is 26.7 Å². The summed E-state index contributed by atoms with van der Waals surface area (Å²) in [6.07, 6.45) is 4.46. The van der Waals surface area contributed by atoms with Crippen LogP contribution in [0.3, 0.4) is 0 Å². The lowest BCUT2D eigenvalue weighted by atomic mass is 10.1. The Kier molecular flexibility index (Phi) is 6.01. The molecule has 0 bridgehead atoms. The van der Waals surface area contributed by atoms with E-state index in [0.717, 1.165) is 42.7 Å². The van der Waals surface area contributed by atoms with Gasteiger partial charge >= 0.3 is 0 Å². The minimum atomic E-state index is 0.256. The number of rotatable bonds is 6. The molecule has 1 aliphatic rings. The van der Waals surface area contributed by atoms with E-state index in [4.69, 9.17) is 16.1 Å². The van der Waals surface area contributed by atoms with Crippen molar-refractivity contribution in [1.29, 1.82) is 5.41 Å². The highest BCUT2D eigenvalue weighted by Crippen LogP contribution is 2.22. The van der Waals surface area contributed by atoms with Crippen LogP contribution in [-0.4, -0.2) is 35.8 Å². The fraction of sp³-hybridized carbons (Fsp3) is 0.174. The molecule has 2 heterocycles. The number of nitrogens with one attached hydrogen (secondary N) is 3. The molecule has 1 unspecified atom stereocenters. The first-order chi connectivity index (χ1) is 14.8. The van der Waals surface area contributed by atoms with Gasteiger partial charge in [-0.05, 0) is 29.3 Å². The topological polar surface area (TPSA) is 103 Å². The van der Waals surface area contributed by atoms with Crippen molar-refractivity contribution in [2.24, 2.45) is 5.73 Å². The molecular weight excluding hydrogens is 374 g/mol. The molecule has 1 aliphatic heterocycles. The molecular formula is C23H25N7.